The predicted octanol–water partition coefficient (Wildman–Crippen LogP) is 2.35. The summed E-state index contributed by atoms with van der Waals surface area (Å²) in [6.07, 6.45) is 6.40. The minimum absolute atomic E-state index is 0.170. The van der Waals surface area contributed by atoms with Crippen molar-refractivity contribution in [3.05, 3.63) is 11.6 Å². The van der Waals surface area contributed by atoms with Crippen molar-refractivity contribution < 1.29 is 9.47 Å². The topological polar surface area (TPSA) is 18.5 Å². The van der Waals surface area contributed by atoms with Gasteiger partial charge in [0, 0.05) is 11.8 Å². The molecule has 0 aromatic carbocycles. The summed E-state index contributed by atoms with van der Waals surface area (Å²) in [5.41, 5.74) is 1.68. The molecule has 1 aliphatic heterocycles. The Morgan fingerprint density at radius 2 is 2.13 bits per heavy atom. The van der Waals surface area contributed by atoms with E-state index in [4.69, 9.17) is 9.47 Å². The zero-order valence-electron chi connectivity index (χ0n) is 9.24. The second kappa shape index (κ2) is 2.67. The van der Waals surface area contributed by atoms with Crippen LogP contribution in [-0.4, -0.2) is 19.0 Å². The van der Waals surface area contributed by atoms with Crippen LogP contribution in [0.3, 0.4) is 0 Å². The van der Waals surface area contributed by atoms with E-state index in [-0.39, 0.29) is 5.79 Å². The van der Waals surface area contributed by atoms with Crippen molar-refractivity contribution in [2.75, 3.05) is 13.2 Å². The molecule has 1 spiro atoms. The van der Waals surface area contributed by atoms with Gasteiger partial charge in [-0.3, -0.25) is 0 Å². The lowest BCUT2D eigenvalue weighted by Crippen LogP contribution is -2.60. The van der Waals surface area contributed by atoms with Crippen LogP contribution in [0.2, 0.25) is 0 Å². The molecule has 3 unspecified atom stereocenters. The smallest absolute Gasteiger partial charge is 0.178 e. The second-order valence-corrected chi connectivity index (χ2v) is 5.41. The van der Waals surface area contributed by atoms with E-state index >= 15 is 0 Å². The van der Waals surface area contributed by atoms with Gasteiger partial charge in [-0.1, -0.05) is 18.6 Å². The van der Waals surface area contributed by atoms with Crippen molar-refractivity contribution >= 4 is 0 Å². The fourth-order valence-electron chi connectivity index (χ4n) is 4.64. The Bertz CT molecular complexity index is 327. The van der Waals surface area contributed by atoms with Crippen molar-refractivity contribution in [1.29, 1.82) is 0 Å². The van der Waals surface area contributed by atoms with Crippen molar-refractivity contribution in [2.24, 2.45) is 23.7 Å². The first-order valence-corrected chi connectivity index (χ1v) is 6.35. The zero-order valence-corrected chi connectivity index (χ0v) is 9.24. The maximum atomic E-state index is 5.95. The molecule has 2 nitrogen and oxygen atoms in total. The highest BCUT2D eigenvalue weighted by Crippen LogP contribution is 2.68. The Morgan fingerprint density at radius 1 is 1.33 bits per heavy atom. The van der Waals surface area contributed by atoms with Crippen LogP contribution in [0, 0.1) is 23.7 Å². The third-order valence-corrected chi connectivity index (χ3v) is 5.13. The quantitative estimate of drug-likeness (QED) is 0.613. The third kappa shape index (κ3) is 0.818. The van der Waals surface area contributed by atoms with Crippen LogP contribution in [0.25, 0.3) is 0 Å². The first-order valence-electron chi connectivity index (χ1n) is 6.35. The summed E-state index contributed by atoms with van der Waals surface area (Å²) in [5, 5.41) is 0. The number of rotatable bonds is 1. The van der Waals surface area contributed by atoms with Crippen LogP contribution in [0.1, 0.15) is 26.2 Å². The highest BCUT2D eigenvalue weighted by Gasteiger charge is 2.70. The van der Waals surface area contributed by atoms with Gasteiger partial charge in [0.15, 0.2) is 5.79 Å². The van der Waals surface area contributed by atoms with E-state index < -0.39 is 0 Å². The average molecular weight is 206 g/mol. The zero-order chi connectivity index (χ0) is 10.0. The van der Waals surface area contributed by atoms with Gasteiger partial charge in [-0.05, 0) is 31.1 Å². The van der Waals surface area contributed by atoms with Crippen molar-refractivity contribution in [2.45, 2.75) is 32.0 Å². The molecule has 1 saturated heterocycles. The summed E-state index contributed by atoms with van der Waals surface area (Å²) in [7, 11) is 0. The lowest BCUT2D eigenvalue weighted by Gasteiger charge is -2.53. The molecular formula is C13H18O2. The van der Waals surface area contributed by atoms with Crippen LogP contribution < -0.4 is 0 Å². The normalized spacial score (nSPS) is 49.3. The van der Waals surface area contributed by atoms with Crippen LogP contribution >= 0.6 is 0 Å². The van der Waals surface area contributed by atoms with Gasteiger partial charge < -0.3 is 9.47 Å². The summed E-state index contributed by atoms with van der Waals surface area (Å²) >= 11 is 0. The van der Waals surface area contributed by atoms with Gasteiger partial charge in [0.25, 0.3) is 0 Å². The molecule has 0 amide bonds. The van der Waals surface area contributed by atoms with Gasteiger partial charge >= 0.3 is 0 Å². The number of allylic oxidation sites excluding steroid dienone is 1. The Labute approximate surface area is 90.6 Å². The Morgan fingerprint density at radius 3 is 2.87 bits per heavy atom. The molecule has 2 heteroatoms. The lowest BCUT2D eigenvalue weighted by atomic mass is 9.61. The van der Waals surface area contributed by atoms with Crippen LogP contribution in [0.5, 0.6) is 0 Å². The number of hydrogen-bond donors (Lipinski definition) is 0. The summed E-state index contributed by atoms with van der Waals surface area (Å²) in [6.45, 7) is 3.90. The summed E-state index contributed by atoms with van der Waals surface area (Å²) in [5.74, 6) is 2.88. The fraction of sp³-hybridized carbons (Fsp3) is 0.846. The van der Waals surface area contributed by atoms with E-state index in [9.17, 15) is 0 Å². The van der Waals surface area contributed by atoms with E-state index in [0.717, 1.165) is 25.0 Å². The van der Waals surface area contributed by atoms with Gasteiger partial charge in [0.05, 0.1) is 13.2 Å². The Balaban J connectivity index is 1.74. The molecule has 3 fully saturated rings. The van der Waals surface area contributed by atoms with E-state index in [2.05, 4.69) is 13.0 Å². The maximum absolute atomic E-state index is 5.95. The standard InChI is InChI=1S/C13H18O2/c1-2-8-7-11-12-9(8)3-4-10(12)13(11)14-5-6-15-13/h7,9-12H,2-6H2,1H3/t9?,10?,11?,12-/m1/s1. The molecular weight excluding hydrogens is 188 g/mol. The largest absolute Gasteiger partial charge is 0.347 e. The van der Waals surface area contributed by atoms with E-state index in [1.807, 2.05) is 0 Å². The maximum Gasteiger partial charge on any atom is 0.178 e. The minimum Gasteiger partial charge on any atom is -0.347 e. The molecule has 0 bridgehead atoms. The SMILES string of the molecule is CCC1=CC2[C@@H]3C1CCC3C21OCCO1. The van der Waals surface area contributed by atoms with Gasteiger partial charge in [-0.2, -0.15) is 0 Å². The molecule has 82 valence electrons. The average Bonchev–Trinajstić information content (AvgIpc) is 2.89. The van der Waals surface area contributed by atoms with E-state index in [0.29, 0.717) is 11.8 Å². The Kier molecular flexibility index (Phi) is 1.56. The summed E-state index contributed by atoms with van der Waals surface area (Å²) in [4.78, 5) is 0. The fourth-order valence-corrected chi connectivity index (χ4v) is 4.64. The van der Waals surface area contributed by atoms with Gasteiger partial charge in [0.2, 0.25) is 0 Å². The molecule has 15 heavy (non-hydrogen) atoms. The molecule has 4 aliphatic rings. The minimum atomic E-state index is -0.170. The molecule has 0 radical (unpaired) electrons. The highest BCUT2D eigenvalue weighted by molar-refractivity contribution is 5.31. The summed E-state index contributed by atoms with van der Waals surface area (Å²) in [6, 6.07) is 0. The van der Waals surface area contributed by atoms with E-state index in [1.54, 1.807) is 5.57 Å². The molecule has 0 N–H and O–H groups in total. The molecule has 2 saturated carbocycles. The van der Waals surface area contributed by atoms with Crippen LogP contribution in [0.15, 0.2) is 11.6 Å². The molecule has 0 aromatic heterocycles. The van der Waals surface area contributed by atoms with Crippen molar-refractivity contribution in [1.82, 2.24) is 0 Å². The molecule has 4 atom stereocenters. The number of fused-ring (bicyclic) bond motifs is 2. The van der Waals surface area contributed by atoms with E-state index in [1.165, 1.54) is 19.3 Å². The second-order valence-electron chi connectivity index (χ2n) is 5.41. The molecule has 3 aliphatic carbocycles. The first-order chi connectivity index (χ1) is 7.37. The number of ether oxygens (including phenoxy) is 2. The molecule has 4 rings (SSSR count). The predicted molar refractivity (Wildman–Crippen MR) is 56.2 cm³/mol. The first kappa shape index (κ1) is 8.77. The lowest BCUT2D eigenvalue weighted by molar-refractivity contribution is -0.298. The van der Waals surface area contributed by atoms with Crippen LogP contribution in [-0.2, 0) is 9.47 Å². The van der Waals surface area contributed by atoms with Gasteiger partial charge in [-0.25, -0.2) is 0 Å². The summed E-state index contributed by atoms with van der Waals surface area (Å²) < 4.78 is 11.9. The molecule has 1 heterocycles. The molecule has 0 aromatic rings. The van der Waals surface area contributed by atoms with Gasteiger partial charge in [-0.15, -0.1) is 0 Å². The van der Waals surface area contributed by atoms with Crippen molar-refractivity contribution in [3.8, 4) is 0 Å². The van der Waals surface area contributed by atoms with Gasteiger partial charge in [0.1, 0.15) is 0 Å². The van der Waals surface area contributed by atoms with Crippen LogP contribution in [0.4, 0.5) is 0 Å². The monoisotopic (exact) mass is 206 g/mol. The van der Waals surface area contributed by atoms with Crippen molar-refractivity contribution in [3.63, 3.8) is 0 Å². The Hall–Kier alpha value is -0.340. The third-order valence-electron chi connectivity index (χ3n) is 5.13. The number of hydrogen-bond acceptors (Lipinski definition) is 2. The highest BCUT2D eigenvalue weighted by atomic mass is 16.7.